The Hall–Kier alpha value is -13.0. The number of likely N-dealkylation sites (tertiary alicyclic amines) is 4. The van der Waals surface area contributed by atoms with Gasteiger partial charge in [0.05, 0.1) is 96.2 Å². The van der Waals surface area contributed by atoms with Crippen molar-refractivity contribution in [3.05, 3.63) is 251 Å². The van der Waals surface area contributed by atoms with Crippen molar-refractivity contribution in [2.45, 2.75) is 133 Å². The molecule has 8 aliphatic rings. The van der Waals surface area contributed by atoms with Crippen molar-refractivity contribution >= 4 is 45.4 Å². The summed E-state index contributed by atoms with van der Waals surface area (Å²) >= 11 is 3.38. The average molecular weight is 1700 g/mol. The zero-order chi connectivity index (χ0) is 83.1. The Morgan fingerprint density at radius 3 is 1.19 bits per heavy atom. The Kier molecular flexibility index (Phi) is 22.2. The second-order valence-electron chi connectivity index (χ2n) is 30.9. The van der Waals surface area contributed by atoms with Crippen LogP contribution in [0.5, 0.6) is 17.6 Å². The van der Waals surface area contributed by atoms with Crippen LogP contribution in [0.4, 0.5) is 32.2 Å². The molecular formula is C83H78BrF6N23O7. The molecule has 1 N–H and O–H groups in total. The molecule has 4 aliphatic carbocycles. The molecule has 12 aromatic rings. The van der Waals surface area contributed by atoms with Gasteiger partial charge in [-0.25, -0.2) is 29.9 Å². The Bertz CT molecular complexity index is 5660. The summed E-state index contributed by atoms with van der Waals surface area (Å²) in [6.45, 7) is 8.25. The van der Waals surface area contributed by atoms with Gasteiger partial charge < -0.3 is 39.1 Å². The molecule has 4 saturated carbocycles. The predicted octanol–water partition coefficient (Wildman–Crippen LogP) is 11.9. The molecule has 120 heavy (non-hydrogen) atoms. The first-order valence-electron chi connectivity index (χ1n) is 39.2. The molecule has 4 aliphatic heterocycles. The van der Waals surface area contributed by atoms with Crippen molar-refractivity contribution in [2.24, 2.45) is 23.7 Å². The van der Waals surface area contributed by atoms with E-state index in [1.54, 1.807) is 84.1 Å². The number of carbonyl (C=O) groups is 4. The summed E-state index contributed by atoms with van der Waals surface area (Å²) in [6.07, 6.45) is 14.7. The van der Waals surface area contributed by atoms with Crippen LogP contribution in [0.25, 0.3) is 22.7 Å². The number of nitrogens with zero attached hydrogens (tertiary/aromatic N) is 22. The lowest BCUT2D eigenvalue weighted by Crippen LogP contribution is -2.48. The van der Waals surface area contributed by atoms with Crippen molar-refractivity contribution in [3.8, 4) is 40.4 Å². The van der Waals surface area contributed by atoms with Gasteiger partial charge in [0.15, 0.2) is 11.4 Å². The topological polar surface area (TPSA) is 321 Å². The maximum absolute atomic E-state index is 13.5. The first-order valence-corrected chi connectivity index (χ1v) is 40.0. The van der Waals surface area contributed by atoms with Gasteiger partial charge in [-0.2, -0.15) is 76.7 Å². The fraction of sp³-hybridized carbons (Fsp3) is 0.349. The largest absolute Gasteiger partial charge is 0.472 e. The predicted molar refractivity (Wildman–Crippen MR) is 421 cm³/mol. The smallest absolute Gasteiger partial charge is 0.421 e. The second kappa shape index (κ2) is 33.4. The van der Waals surface area contributed by atoms with E-state index < -0.39 is 47.4 Å². The van der Waals surface area contributed by atoms with Gasteiger partial charge in [0.1, 0.15) is 46.6 Å². The lowest BCUT2D eigenvalue weighted by atomic mass is 10.0. The Labute approximate surface area is 690 Å². The average Bonchev–Trinajstić information content (AvgIpc) is 1.64. The molecule has 8 fully saturated rings. The summed E-state index contributed by atoms with van der Waals surface area (Å²) in [5.41, 5.74) is 4.65. The van der Waals surface area contributed by atoms with E-state index >= 15 is 0 Å². The highest BCUT2D eigenvalue weighted by Crippen LogP contribution is 2.47. The summed E-state index contributed by atoms with van der Waals surface area (Å²) in [5, 5.41) is 36.7. The molecule has 0 radical (unpaired) electrons. The number of para-hydroxylation sites is 2. The standard InChI is InChI=1S/C21H19F3N6O2.C21H18F3N5O2.C21H22N6O.C20H19BrN6O2/c1-12-4-5-15(30-26-7-8-27-30)18(28-12)20(31)29-11-13-9-16(29)17(10-13)32-19-14(21(22,23)24)3-2-6-25-19;22-21(23,24)15-5-3-7-25-19(15)31-18-11-13-10-17(18)28(12-13)20(30)14-4-1-2-6-16(14)29-26-8-9-27-29;1-14-6-7-20(22-12-14)25-17-10-15-11-19(17)26(13-15)21(28)16-4-2-3-5-18(16)27-23-8-9-24-27;1-12-2-4-15(27-23-6-7-24-27)19(25-12)20(28)26-11-13-8-16(26)17(9-13)29-18-5-3-14(21)10-22-18/h2-8,13,16-17H,9-11H2,1H3;1-9,13,17-18H,10-12H2;2-9,12,15,17,19H,10-11,13H2,1H3,(H,22,25);2-7,10,13,16-17H,8-9,11H2,1H3. The normalized spacial score (nSPS) is 22.8. The number of rotatable bonds is 16. The number of carbonyl (C=O) groups excluding carboxylic acids is 4. The van der Waals surface area contributed by atoms with Crippen LogP contribution in [0.1, 0.15) is 121 Å². The van der Waals surface area contributed by atoms with Gasteiger partial charge in [-0.15, -0.1) is 9.59 Å². The van der Waals surface area contributed by atoms with Crippen LogP contribution in [-0.4, -0.2) is 208 Å². The first-order chi connectivity index (χ1) is 58.0. The number of aromatic nitrogens is 18. The SMILES string of the molecule is Cc1ccc(-n2nccn2)c(C(=O)N2CC3CC(Oc4ccc(Br)cn4)C2C3)n1.Cc1ccc(-n2nccn2)c(C(=O)N2CC3CC(Oc4ncccc4C(F)(F)F)C2C3)n1.Cc1ccc(NC2CC3CC2N(C(=O)c2ccccc2-n2nccn2)C3)nc1.O=C(c1ccccc1-n1nccn1)N1CC2CC(Oc3ncccc3C(F)(F)F)C1C2. The van der Waals surface area contributed by atoms with E-state index in [1.807, 2.05) is 84.4 Å². The number of pyridine rings is 6. The Balaban J connectivity index is 0.000000114. The molecule has 2 aromatic carbocycles. The number of nitrogens with one attached hydrogen (secondary N) is 1. The number of halogens is 7. The third kappa shape index (κ3) is 16.7. The molecule has 20 rings (SSSR count). The molecule has 0 spiro atoms. The molecule has 8 bridgehead atoms. The van der Waals surface area contributed by atoms with E-state index in [1.165, 1.54) is 68.5 Å². The number of aryl methyl sites for hydroxylation is 3. The van der Waals surface area contributed by atoms with Crippen molar-refractivity contribution in [1.29, 1.82) is 0 Å². The molecule has 12 atom stereocenters. The maximum Gasteiger partial charge on any atom is 0.421 e. The summed E-state index contributed by atoms with van der Waals surface area (Å²) in [5.74, 6) is 1.23. The quantitative estimate of drug-likeness (QED) is 0.0878. The van der Waals surface area contributed by atoms with Crippen LogP contribution in [0.3, 0.4) is 0 Å². The molecule has 37 heteroatoms. The lowest BCUT2D eigenvalue weighted by Gasteiger charge is -2.34. The third-order valence-electron chi connectivity index (χ3n) is 22.9. The van der Waals surface area contributed by atoms with Crippen molar-refractivity contribution < 1.29 is 59.7 Å². The zero-order valence-corrected chi connectivity index (χ0v) is 66.3. The van der Waals surface area contributed by atoms with Crippen LogP contribution >= 0.6 is 15.9 Å². The van der Waals surface area contributed by atoms with Crippen molar-refractivity contribution in [2.75, 3.05) is 31.5 Å². The maximum atomic E-state index is 13.5. The summed E-state index contributed by atoms with van der Waals surface area (Å²) in [7, 11) is 0. The number of benzene rings is 2. The molecule has 14 heterocycles. The highest BCUT2D eigenvalue weighted by atomic mass is 79.9. The number of piperidine rings is 4. The van der Waals surface area contributed by atoms with Gasteiger partial charge in [-0.3, -0.25) is 19.2 Å². The molecule has 12 unspecified atom stereocenters. The molecule has 4 saturated heterocycles. The lowest BCUT2D eigenvalue weighted by molar-refractivity contribution is -0.140. The number of anilines is 1. The van der Waals surface area contributed by atoms with E-state index in [-0.39, 0.29) is 77.5 Å². The van der Waals surface area contributed by atoms with Gasteiger partial charge in [0.25, 0.3) is 23.6 Å². The number of hydrogen-bond acceptors (Lipinski definition) is 22. The summed E-state index contributed by atoms with van der Waals surface area (Å²) < 4.78 is 98.5. The van der Waals surface area contributed by atoms with Crippen LogP contribution < -0.4 is 19.5 Å². The minimum atomic E-state index is -4.58. The number of alkyl halides is 6. The fourth-order valence-corrected chi connectivity index (χ4v) is 18.0. The number of hydrogen-bond donors (Lipinski definition) is 1. The number of fused-ring (bicyclic) bond motifs is 8. The Morgan fingerprint density at radius 2 is 0.792 bits per heavy atom. The number of amides is 4. The molecule has 30 nitrogen and oxygen atoms in total. The fourth-order valence-electron chi connectivity index (χ4n) is 17.7. The zero-order valence-electron chi connectivity index (χ0n) is 64.7. The van der Waals surface area contributed by atoms with Crippen LogP contribution in [-0.2, 0) is 12.4 Å². The first kappa shape index (κ1) is 79.5. The minimum Gasteiger partial charge on any atom is -0.472 e. The van der Waals surface area contributed by atoms with Crippen LogP contribution in [0.15, 0.2) is 200 Å². The van der Waals surface area contributed by atoms with Gasteiger partial charge in [-0.05, 0) is 202 Å². The second-order valence-corrected chi connectivity index (χ2v) is 31.8. The molecule has 616 valence electrons. The van der Waals surface area contributed by atoms with Gasteiger partial charge in [-0.1, -0.05) is 30.3 Å². The van der Waals surface area contributed by atoms with Crippen molar-refractivity contribution in [3.63, 3.8) is 0 Å². The van der Waals surface area contributed by atoms with Gasteiger partial charge >= 0.3 is 12.4 Å². The molecule has 10 aromatic heterocycles. The van der Waals surface area contributed by atoms with E-state index in [0.29, 0.717) is 102 Å². The number of ether oxygens (including phenoxy) is 3. The third-order valence-corrected chi connectivity index (χ3v) is 23.4. The van der Waals surface area contributed by atoms with E-state index in [0.717, 1.165) is 72.5 Å². The van der Waals surface area contributed by atoms with Crippen LogP contribution in [0.2, 0.25) is 0 Å². The Morgan fingerprint density at radius 1 is 0.392 bits per heavy atom. The van der Waals surface area contributed by atoms with Gasteiger partial charge in [0, 0.05) is 78.9 Å². The summed E-state index contributed by atoms with van der Waals surface area (Å²) in [6, 6.07) is 33.6. The highest BCUT2D eigenvalue weighted by molar-refractivity contribution is 9.10. The minimum absolute atomic E-state index is 0.0127. The molecular weight excluding hydrogens is 1620 g/mol. The monoisotopic (exact) mass is 1700 g/mol. The molecule has 4 amide bonds. The summed E-state index contributed by atoms with van der Waals surface area (Å²) in [4.78, 5) is 91.9. The van der Waals surface area contributed by atoms with E-state index in [4.69, 9.17) is 14.2 Å². The van der Waals surface area contributed by atoms with Crippen molar-refractivity contribution in [1.82, 2.24) is 109 Å². The van der Waals surface area contributed by atoms with Gasteiger partial charge in [0.2, 0.25) is 17.6 Å². The highest BCUT2D eigenvalue weighted by Gasteiger charge is 2.54. The van der Waals surface area contributed by atoms with Crippen LogP contribution in [0, 0.1) is 44.4 Å². The van der Waals surface area contributed by atoms with E-state index in [9.17, 15) is 45.5 Å². The van der Waals surface area contributed by atoms with E-state index in [2.05, 4.69) is 98.0 Å².